The summed E-state index contributed by atoms with van der Waals surface area (Å²) in [4.78, 5) is 23.8. The quantitative estimate of drug-likeness (QED) is 0.820. The monoisotopic (exact) mass is 281 g/mol. The number of carbonyl (C=O) groups is 2. The Kier molecular flexibility index (Phi) is 3.71. The fraction of sp³-hybridized carbons (Fsp3) is 0.867. The molecule has 3 fully saturated rings. The number of nitrogens with one attached hydrogen (secondary N) is 1. The van der Waals surface area contributed by atoms with Gasteiger partial charge in [-0.15, -0.1) is 0 Å². The Hall–Kier alpha value is -1.10. The van der Waals surface area contributed by atoms with Crippen molar-refractivity contribution < 1.29 is 19.4 Å². The molecule has 3 aliphatic rings. The number of aliphatic carboxylic acids is 1. The van der Waals surface area contributed by atoms with Gasteiger partial charge in [-0.2, -0.15) is 0 Å². The molecule has 6 atom stereocenters. The van der Waals surface area contributed by atoms with Crippen LogP contribution in [0.2, 0.25) is 0 Å². The van der Waals surface area contributed by atoms with E-state index < -0.39 is 11.9 Å². The average Bonchev–Trinajstić information content (AvgIpc) is 3.12. The van der Waals surface area contributed by atoms with E-state index in [0.29, 0.717) is 24.9 Å². The Morgan fingerprint density at radius 2 is 1.95 bits per heavy atom. The van der Waals surface area contributed by atoms with Gasteiger partial charge < -0.3 is 15.2 Å². The Labute approximate surface area is 119 Å². The zero-order valence-electron chi connectivity index (χ0n) is 11.9. The number of carboxylic acid groups (broad SMARTS) is 1. The topological polar surface area (TPSA) is 75.6 Å². The lowest BCUT2D eigenvalue weighted by Crippen LogP contribution is -2.45. The largest absolute Gasteiger partial charge is 0.481 e. The second-order valence-electron chi connectivity index (χ2n) is 6.52. The van der Waals surface area contributed by atoms with E-state index in [1.54, 1.807) is 0 Å². The fourth-order valence-corrected chi connectivity index (χ4v) is 4.12. The van der Waals surface area contributed by atoms with Gasteiger partial charge >= 0.3 is 5.97 Å². The molecule has 0 aromatic carbocycles. The summed E-state index contributed by atoms with van der Waals surface area (Å²) in [5.41, 5.74) is 0. The molecule has 0 spiro atoms. The van der Waals surface area contributed by atoms with Crippen molar-refractivity contribution in [3.05, 3.63) is 0 Å². The first-order chi connectivity index (χ1) is 9.58. The van der Waals surface area contributed by atoms with Crippen molar-refractivity contribution in [2.45, 2.75) is 63.7 Å². The summed E-state index contributed by atoms with van der Waals surface area (Å²) in [5, 5.41) is 12.4. The van der Waals surface area contributed by atoms with Gasteiger partial charge in [-0.25, -0.2) is 0 Å². The molecular formula is C15H23NO4. The van der Waals surface area contributed by atoms with Crippen LogP contribution in [0, 0.1) is 17.8 Å². The first kappa shape index (κ1) is 13.9. The highest BCUT2D eigenvalue weighted by atomic mass is 16.5. The molecule has 0 aromatic rings. The highest BCUT2D eigenvalue weighted by Crippen LogP contribution is 2.39. The van der Waals surface area contributed by atoms with Gasteiger partial charge in [0.2, 0.25) is 5.91 Å². The van der Waals surface area contributed by atoms with E-state index in [0.717, 1.165) is 25.7 Å². The molecule has 5 heteroatoms. The molecule has 2 heterocycles. The smallest absolute Gasteiger partial charge is 0.307 e. The minimum atomic E-state index is -0.828. The summed E-state index contributed by atoms with van der Waals surface area (Å²) in [6.45, 7) is 2.06. The van der Waals surface area contributed by atoms with Gasteiger partial charge in [-0.3, -0.25) is 9.59 Å². The minimum absolute atomic E-state index is 0.0745. The molecule has 3 rings (SSSR count). The number of fused-ring (bicyclic) bond motifs is 2. The molecule has 2 bridgehead atoms. The van der Waals surface area contributed by atoms with Crippen molar-refractivity contribution in [1.82, 2.24) is 5.32 Å². The third-order valence-corrected chi connectivity index (χ3v) is 5.33. The van der Waals surface area contributed by atoms with Gasteiger partial charge in [0, 0.05) is 0 Å². The lowest BCUT2D eigenvalue weighted by atomic mass is 9.92. The van der Waals surface area contributed by atoms with E-state index in [-0.39, 0.29) is 24.0 Å². The maximum absolute atomic E-state index is 12.4. The third-order valence-electron chi connectivity index (χ3n) is 5.33. The van der Waals surface area contributed by atoms with Crippen LogP contribution in [0.3, 0.4) is 0 Å². The number of carbonyl (C=O) groups excluding carboxylic acids is 1. The highest BCUT2D eigenvalue weighted by Gasteiger charge is 2.45. The number of carboxylic acids is 1. The van der Waals surface area contributed by atoms with Crippen LogP contribution in [-0.4, -0.2) is 35.2 Å². The van der Waals surface area contributed by atoms with Gasteiger partial charge in [0.05, 0.1) is 30.1 Å². The first-order valence-corrected chi connectivity index (χ1v) is 7.77. The van der Waals surface area contributed by atoms with Crippen LogP contribution < -0.4 is 5.32 Å². The lowest BCUT2D eigenvalue weighted by molar-refractivity contribution is -0.146. The van der Waals surface area contributed by atoms with Crippen molar-refractivity contribution >= 4 is 11.9 Å². The molecule has 5 nitrogen and oxygen atoms in total. The molecular weight excluding hydrogens is 258 g/mol. The first-order valence-electron chi connectivity index (χ1n) is 7.77. The summed E-state index contributed by atoms with van der Waals surface area (Å²) in [7, 11) is 0. The van der Waals surface area contributed by atoms with Gasteiger partial charge in [0.25, 0.3) is 0 Å². The molecule has 1 aliphatic carbocycles. The molecule has 20 heavy (non-hydrogen) atoms. The molecule has 1 saturated carbocycles. The minimum Gasteiger partial charge on any atom is -0.481 e. The second-order valence-corrected chi connectivity index (χ2v) is 6.52. The Morgan fingerprint density at radius 3 is 2.50 bits per heavy atom. The average molecular weight is 281 g/mol. The van der Waals surface area contributed by atoms with Crippen LogP contribution in [0.1, 0.15) is 45.4 Å². The normalized spacial score (nSPS) is 42.9. The van der Waals surface area contributed by atoms with Crippen molar-refractivity contribution in [2.75, 3.05) is 0 Å². The molecule has 2 saturated heterocycles. The highest BCUT2D eigenvalue weighted by molar-refractivity contribution is 5.85. The van der Waals surface area contributed by atoms with E-state index >= 15 is 0 Å². The van der Waals surface area contributed by atoms with Crippen molar-refractivity contribution in [1.29, 1.82) is 0 Å². The predicted molar refractivity (Wildman–Crippen MR) is 72.1 cm³/mol. The summed E-state index contributed by atoms with van der Waals surface area (Å²) in [5.74, 6) is -1.42. The summed E-state index contributed by atoms with van der Waals surface area (Å²) < 4.78 is 5.73. The molecule has 6 unspecified atom stereocenters. The Bertz CT molecular complexity index is 411. The van der Waals surface area contributed by atoms with Crippen molar-refractivity contribution in [2.24, 2.45) is 17.8 Å². The van der Waals surface area contributed by atoms with E-state index in [9.17, 15) is 14.7 Å². The van der Waals surface area contributed by atoms with Crippen LogP contribution in [0.25, 0.3) is 0 Å². The van der Waals surface area contributed by atoms with Crippen LogP contribution in [-0.2, 0) is 14.3 Å². The molecule has 0 radical (unpaired) electrons. The SMILES string of the molecule is CCC1CC(C(=O)O)C(C(=O)NC2CC3CCC2O3)C1. The lowest BCUT2D eigenvalue weighted by Gasteiger charge is -2.23. The number of hydrogen-bond acceptors (Lipinski definition) is 3. The standard InChI is InChI=1S/C15H23NO4/c1-2-8-5-10(11(6-8)15(18)19)14(17)16-12-7-9-3-4-13(12)20-9/h8-13H,2-7H2,1H3,(H,16,17)(H,18,19). The van der Waals surface area contributed by atoms with Crippen LogP contribution in [0.5, 0.6) is 0 Å². The third kappa shape index (κ3) is 2.43. The zero-order valence-corrected chi connectivity index (χ0v) is 11.9. The molecule has 2 N–H and O–H groups in total. The summed E-state index contributed by atoms with van der Waals surface area (Å²) in [6.07, 6.45) is 5.74. The Balaban J connectivity index is 1.62. The van der Waals surface area contributed by atoms with Crippen molar-refractivity contribution in [3.8, 4) is 0 Å². The van der Waals surface area contributed by atoms with E-state index in [1.165, 1.54) is 0 Å². The molecule has 0 aromatic heterocycles. The summed E-state index contributed by atoms with van der Waals surface area (Å²) >= 11 is 0. The fourth-order valence-electron chi connectivity index (χ4n) is 4.12. The summed E-state index contributed by atoms with van der Waals surface area (Å²) in [6, 6.07) is 0.0939. The molecule has 1 amide bonds. The van der Waals surface area contributed by atoms with E-state index in [1.807, 2.05) is 0 Å². The maximum Gasteiger partial charge on any atom is 0.307 e. The van der Waals surface area contributed by atoms with Crippen LogP contribution in [0.4, 0.5) is 0 Å². The van der Waals surface area contributed by atoms with Gasteiger partial charge in [-0.1, -0.05) is 13.3 Å². The van der Waals surface area contributed by atoms with Gasteiger partial charge in [-0.05, 0) is 38.0 Å². The number of rotatable bonds is 4. The number of ether oxygens (including phenoxy) is 1. The second kappa shape index (κ2) is 5.35. The maximum atomic E-state index is 12.4. The van der Waals surface area contributed by atoms with Crippen LogP contribution >= 0.6 is 0 Å². The molecule has 112 valence electrons. The van der Waals surface area contributed by atoms with E-state index in [2.05, 4.69) is 12.2 Å². The Morgan fingerprint density at radius 1 is 1.20 bits per heavy atom. The zero-order chi connectivity index (χ0) is 14.3. The van der Waals surface area contributed by atoms with Gasteiger partial charge in [0.1, 0.15) is 0 Å². The number of hydrogen-bond donors (Lipinski definition) is 2. The van der Waals surface area contributed by atoms with Crippen LogP contribution in [0.15, 0.2) is 0 Å². The van der Waals surface area contributed by atoms with Gasteiger partial charge in [0.15, 0.2) is 0 Å². The molecule has 2 aliphatic heterocycles. The number of amides is 1. The van der Waals surface area contributed by atoms with E-state index in [4.69, 9.17) is 4.74 Å². The predicted octanol–water partition coefficient (Wildman–Crippen LogP) is 1.56. The van der Waals surface area contributed by atoms with Crippen molar-refractivity contribution in [3.63, 3.8) is 0 Å².